The predicted molar refractivity (Wildman–Crippen MR) is 109 cm³/mol. The van der Waals surface area contributed by atoms with E-state index in [9.17, 15) is 45.6 Å². The third kappa shape index (κ3) is 3.74. The zero-order chi connectivity index (χ0) is 24.2. The number of phenolic OH excluding ortho intramolecular Hbond substituents is 4. The summed E-state index contributed by atoms with van der Waals surface area (Å²) in [5, 5.41) is 79.7. The summed E-state index contributed by atoms with van der Waals surface area (Å²) >= 11 is 0. The highest BCUT2D eigenvalue weighted by atomic mass is 16.7. The minimum Gasteiger partial charge on any atom is -0.508 e. The minimum atomic E-state index is -1.72. The van der Waals surface area contributed by atoms with Crippen LogP contribution in [0.2, 0.25) is 0 Å². The third-order valence-corrected chi connectivity index (χ3v) is 5.30. The molecule has 1 aromatic heterocycles. The second kappa shape index (κ2) is 8.01. The summed E-state index contributed by atoms with van der Waals surface area (Å²) in [6.45, 7) is 1.41. The summed E-state index contributed by atoms with van der Waals surface area (Å²) in [4.78, 5) is 12.6. The van der Waals surface area contributed by atoms with Gasteiger partial charge >= 0.3 is 0 Å². The van der Waals surface area contributed by atoms with E-state index in [0.29, 0.717) is 0 Å². The molecule has 0 bridgehead atoms. The largest absolute Gasteiger partial charge is 0.508 e. The Morgan fingerprint density at radius 2 is 1.55 bits per heavy atom. The highest BCUT2D eigenvalue weighted by Crippen LogP contribution is 2.43. The molecule has 12 nitrogen and oxygen atoms in total. The Morgan fingerprint density at radius 3 is 2.24 bits per heavy atom. The zero-order valence-corrected chi connectivity index (χ0v) is 16.9. The summed E-state index contributed by atoms with van der Waals surface area (Å²) in [7, 11) is 0. The molecule has 0 saturated carbocycles. The van der Waals surface area contributed by atoms with Gasteiger partial charge in [0.15, 0.2) is 17.3 Å². The maximum atomic E-state index is 12.6. The van der Waals surface area contributed by atoms with Gasteiger partial charge in [-0.3, -0.25) is 4.79 Å². The van der Waals surface area contributed by atoms with E-state index in [0.717, 1.165) is 24.3 Å². The molecule has 5 atom stereocenters. The molecular formula is C21H20O12. The second-order valence-corrected chi connectivity index (χ2v) is 7.59. The standard InChI is InChI=1S/C21H20O12/c1-6-14(25)17(28)19(30)21(31-6)33-12-3-7(2-10(24)15(12)26)20-18(29)16(27)13-9(23)4-8(22)5-11(13)32-20/h2-6,14,17,19,21-26,28-30H,1H3/t6?,14-,17?,19-,21-/m0/s1. The van der Waals surface area contributed by atoms with Crippen molar-refractivity contribution in [2.45, 2.75) is 37.6 Å². The highest BCUT2D eigenvalue weighted by Gasteiger charge is 2.43. The molecule has 1 fully saturated rings. The second-order valence-electron chi connectivity index (χ2n) is 7.59. The smallest absolute Gasteiger partial charge is 0.238 e. The molecule has 4 rings (SSSR count). The van der Waals surface area contributed by atoms with Crippen LogP contribution in [0.4, 0.5) is 0 Å². The van der Waals surface area contributed by atoms with E-state index in [2.05, 4.69) is 0 Å². The first-order chi connectivity index (χ1) is 15.5. The van der Waals surface area contributed by atoms with E-state index < -0.39 is 81.8 Å². The Balaban J connectivity index is 1.81. The van der Waals surface area contributed by atoms with Crippen molar-refractivity contribution in [3.8, 4) is 45.8 Å². The fourth-order valence-electron chi connectivity index (χ4n) is 3.52. The van der Waals surface area contributed by atoms with Gasteiger partial charge in [0.25, 0.3) is 0 Å². The van der Waals surface area contributed by atoms with Gasteiger partial charge in [0, 0.05) is 17.7 Å². The van der Waals surface area contributed by atoms with E-state index in [-0.39, 0.29) is 11.1 Å². The first-order valence-corrected chi connectivity index (χ1v) is 9.64. The van der Waals surface area contributed by atoms with Crippen LogP contribution in [0, 0.1) is 0 Å². The Bertz CT molecular complexity index is 1280. The van der Waals surface area contributed by atoms with Gasteiger partial charge in [0.05, 0.1) is 6.10 Å². The first-order valence-electron chi connectivity index (χ1n) is 9.64. The maximum absolute atomic E-state index is 12.6. The monoisotopic (exact) mass is 464 g/mol. The number of aliphatic hydroxyl groups is 3. The lowest BCUT2D eigenvalue weighted by Crippen LogP contribution is -2.58. The summed E-state index contributed by atoms with van der Waals surface area (Å²) in [5.74, 6) is -4.52. The van der Waals surface area contributed by atoms with Crippen LogP contribution in [-0.2, 0) is 4.74 Å². The molecule has 8 N–H and O–H groups in total. The molecule has 12 heteroatoms. The predicted octanol–water partition coefficient (Wildman–Crippen LogP) is 0.194. The van der Waals surface area contributed by atoms with Gasteiger partial charge in [-0.1, -0.05) is 0 Å². The lowest BCUT2D eigenvalue weighted by molar-refractivity contribution is -0.268. The normalized spacial score (nSPS) is 25.3. The van der Waals surface area contributed by atoms with Crippen LogP contribution in [0.3, 0.4) is 0 Å². The van der Waals surface area contributed by atoms with Gasteiger partial charge in [-0.25, -0.2) is 0 Å². The Labute approximate surface area is 184 Å². The van der Waals surface area contributed by atoms with Crippen LogP contribution in [0.15, 0.2) is 33.5 Å². The van der Waals surface area contributed by atoms with Crippen LogP contribution >= 0.6 is 0 Å². The molecule has 2 unspecified atom stereocenters. The molecule has 0 radical (unpaired) electrons. The van der Waals surface area contributed by atoms with E-state index in [4.69, 9.17) is 13.9 Å². The van der Waals surface area contributed by atoms with Crippen LogP contribution in [0.25, 0.3) is 22.3 Å². The summed E-state index contributed by atoms with van der Waals surface area (Å²) in [6, 6.07) is 3.89. The first kappa shape index (κ1) is 22.5. The van der Waals surface area contributed by atoms with E-state index in [1.165, 1.54) is 6.92 Å². The molecule has 0 spiro atoms. The van der Waals surface area contributed by atoms with Crippen LogP contribution in [0.1, 0.15) is 6.92 Å². The molecule has 1 saturated heterocycles. The van der Waals surface area contributed by atoms with Crippen molar-refractivity contribution >= 4 is 11.0 Å². The average Bonchev–Trinajstić information content (AvgIpc) is 2.75. The molecule has 2 heterocycles. The molecule has 3 aromatic rings. The maximum Gasteiger partial charge on any atom is 0.238 e. The van der Waals surface area contributed by atoms with Crippen molar-refractivity contribution in [2.75, 3.05) is 0 Å². The Hall–Kier alpha value is -3.71. The number of ether oxygens (including phenoxy) is 2. The van der Waals surface area contributed by atoms with E-state index in [1.54, 1.807) is 0 Å². The highest BCUT2D eigenvalue weighted by molar-refractivity contribution is 5.88. The van der Waals surface area contributed by atoms with Crippen molar-refractivity contribution in [2.24, 2.45) is 0 Å². The fourth-order valence-corrected chi connectivity index (χ4v) is 3.52. The lowest BCUT2D eigenvalue weighted by atomic mass is 10.00. The Morgan fingerprint density at radius 1 is 0.848 bits per heavy atom. The van der Waals surface area contributed by atoms with Crippen molar-refractivity contribution in [3.05, 3.63) is 34.5 Å². The van der Waals surface area contributed by atoms with Gasteiger partial charge in [-0.2, -0.15) is 0 Å². The number of rotatable bonds is 3. The SMILES string of the molecule is CC1O[C@@H](Oc2cc(-c3oc4cc(O)cc(O)c4c(=O)c3O)cc(O)c2O)[C@@H](O)C(O)[C@H]1O. The van der Waals surface area contributed by atoms with Crippen molar-refractivity contribution in [3.63, 3.8) is 0 Å². The number of aromatic hydroxyl groups is 5. The third-order valence-electron chi connectivity index (χ3n) is 5.30. The number of aliphatic hydroxyl groups excluding tert-OH is 3. The molecule has 1 aliphatic rings. The van der Waals surface area contributed by atoms with Crippen LogP contribution in [-0.4, -0.2) is 71.6 Å². The summed E-state index contributed by atoms with van der Waals surface area (Å²) in [5.41, 5.74) is -1.48. The molecule has 2 aromatic carbocycles. The van der Waals surface area contributed by atoms with E-state index in [1.807, 2.05) is 0 Å². The number of phenols is 4. The number of fused-ring (bicyclic) bond motifs is 1. The molecule has 0 aliphatic carbocycles. The number of hydrogen-bond donors (Lipinski definition) is 8. The quantitative estimate of drug-likeness (QED) is 0.244. The lowest BCUT2D eigenvalue weighted by Gasteiger charge is -2.38. The van der Waals surface area contributed by atoms with Gasteiger partial charge < -0.3 is 54.7 Å². The molecule has 176 valence electrons. The molecular weight excluding hydrogens is 444 g/mol. The van der Waals surface area contributed by atoms with Crippen LogP contribution in [0.5, 0.6) is 34.5 Å². The molecule has 1 aliphatic heterocycles. The molecule has 33 heavy (non-hydrogen) atoms. The van der Waals surface area contributed by atoms with Gasteiger partial charge in [-0.15, -0.1) is 0 Å². The van der Waals surface area contributed by atoms with Gasteiger partial charge in [0.2, 0.25) is 23.2 Å². The Kier molecular flexibility index (Phi) is 5.46. The van der Waals surface area contributed by atoms with E-state index >= 15 is 0 Å². The topological polar surface area (TPSA) is 211 Å². The van der Waals surface area contributed by atoms with Crippen molar-refractivity contribution < 1.29 is 54.7 Å². The summed E-state index contributed by atoms with van der Waals surface area (Å²) < 4.78 is 16.1. The van der Waals surface area contributed by atoms with Crippen molar-refractivity contribution in [1.82, 2.24) is 0 Å². The van der Waals surface area contributed by atoms with Crippen molar-refractivity contribution in [1.29, 1.82) is 0 Å². The average molecular weight is 464 g/mol. The summed E-state index contributed by atoms with van der Waals surface area (Å²) in [6.07, 6.45) is -7.26. The van der Waals surface area contributed by atoms with Crippen LogP contribution < -0.4 is 10.2 Å². The number of benzene rings is 2. The zero-order valence-electron chi connectivity index (χ0n) is 16.9. The van der Waals surface area contributed by atoms with Gasteiger partial charge in [0.1, 0.15) is 40.8 Å². The fraction of sp³-hybridized carbons (Fsp3) is 0.286. The molecule has 0 amide bonds. The number of hydrogen-bond acceptors (Lipinski definition) is 12. The van der Waals surface area contributed by atoms with Gasteiger partial charge in [-0.05, 0) is 19.1 Å². The minimum absolute atomic E-state index is 0.168.